The number of hydrogen-bond acceptors (Lipinski definition) is 5. The van der Waals surface area contributed by atoms with Crippen molar-refractivity contribution in [3.8, 4) is 22.6 Å². The van der Waals surface area contributed by atoms with Crippen molar-refractivity contribution in [1.29, 1.82) is 0 Å². The number of aromatic nitrogens is 1. The van der Waals surface area contributed by atoms with Gasteiger partial charge in [0.25, 0.3) is 5.91 Å². The molecule has 1 aromatic heterocycles. The van der Waals surface area contributed by atoms with Gasteiger partial charge in [-0.2, -0.15) is 5.10 Å². The molecule has 0 aliphatic rings. The highest BCUT2D eigenvalue weighted by Gasteiger charge is 2.20. The molecule has 39 heavy (non-hydrogen) atoms. The van der Waals surface area contributed by atoms with Gasteiger partial charge in [0.15, 0.2) is 11.5 Å². The predicted octanol–water partition coefficient (Wildman–Crippen LogP) is 6.27. The number of hydrogen-bond donors (Lipinski definition) is 2. The van der Waals surface area contributed by atoms with Gasteiger partial charge in [-0.1, -0.05) is 60.2 Å². The van der Waals surface area contributed by atoms with E-state index in [0.717, 1.165) is 11.1 Å². The molecule has 5 rings (SSSR count). The van der Waals surface area contributed by atoms with Crippen molar-refractivity contribution in [2.45, 2.75) is 6.92 Å². The van der Waals surface area contributed by atoms with Crippen molar-refractivity contribution in [3.05, 3.63) is 119 Å². The van der Waals surface area contributed by atoms with Gasteiger partial charge in [-0.05, 0) is 54.4 Å². The summed E-state index contributed by atoms with van der Waals surface area (Å²) in [6, 6.07) is 25.9. The fourth-order valence-corrected chi connectivity index (χ4v) is 4.18. The molecule has 5 aromatic rings. The maximum absolute atomic E-state index is 14.5. The highest BCUT2D eigenvalue weighted by atomic mass is 19.1. The summed E-state index contributed by atoms with van der Waals surface area (Å²) in [5.41, 5.74) is 6.33. The molecule has 1 heterocycles. The fraction of sp³-hybridized carbons (Fsp3) is 0.0645. The summed E-state index contributed by atoms with van der Waals surface area (Å²) in [6.45, 7) is 1.93. The van der Waals surface area contributed by atoms with E-state index in [4.69, 9.17) is 9.47 Å². The van der Waals surface area contributed by atoms with E-state index in [0.29, 0.717) is 27.8 Å². The number of nitrogens with one attached hydrogen (secondary N) is 2. The maximum atomic E-state index is 14.5. The Morgan fingerprint density at radius 1 is 0.923 bits per heavy atom. The SMILES string of the molecule is COc1cc(C=NNC(=O)c2[nH]c3c(F)cccc3c2-c2ccccc2)ccc1OC(=O)c1ccc(C)cc1. The molecular formula is C31H24FN3O4. The summed E-state index contributed by atoms with van der Waals surface area (Å²) in [7, 11) is 1.46. The normalized spacial score (nSPS) is 11.1. The number of carbonyl (C=O) groups excluding carboxylic acids is 2. The van der Waals surface area contributed by atoms with Crippen LogP contribution in [0.3, 0.4) is 0 Å². The van der Waals surface area contributed by atoms with E-state index in [1.54, 1.807) is 42.5 Å². The van der Waals surface area contributed by atoms with Crippen molar-refractivity contribution in [3.63, 3.8) is 0 Å². The number of para-hydroxylation sites is 1. The Labute approximate surface area is 223 Å². The van der Waals surface area contributed by atoms with Crippen LogP contribution in [-0.2, 0) is 0 Å². The monoisotopic (exact) mass is 521 g/mol. The van der Waals surface area contributed by atoms with Gasteiger partial charge in [-0.25, -0.2) is 14.6 Å². The Balaban J connectivity index is 1.35. The Hall–Kier alpha value is -5.24. The van der Waals surface area contributed by atoms with Crippen LogP contribution >= 0.6 is 0 Å². The number of amides is 1. The van der Waals surface area contributed by atoms with Gasteiger partial charge >= 0.3 is 5.97 Å². The maximum Gasteiger partial charge on any atom is 0.343 e. The van der Waals surface area contributed by atoms with Crippen LogP contribution in [0.15, 0.2) is 96.1 Å². The number of carbonyl (C=O) groups is 2. The van der Waals surface area contributed by atoms with Gasteiger partial charge < -0.3 is 14.5 Å². The van der Waals surface area contributed by atoms with Crippen molar-refractivity contribution >= 4 is 29.0 Å². The molecule has 0 spiro atoms. The van der Waals surface area contributed by atoms with Crippen LogP contribution in [0.4, 0.5) is 4.39 Å². The second-order valence-corrected chi connectivity index (χ2v) is 8.77. The lowest BCUT2D eigenvalue weighted by Crippen LogP contribution is -2.18. The first-order chi connectivity index (χ1) is 18.9. The van der Waals surface area contributed by atoms with Crippen LogP contribution < -0.4 is 14.9 Å². The van der Waals surface area contributed by atoms with Gasteiger partial charge in [-0.15, -0.1) is 0 Å². The van der Waals surface area contributed by atoms with Crippen molar-refractivity contribution in [2.75, 3.05) is 7.11 Å². The summed E-state index contributed by atoms with van der Waals surface area (Å²) in [5, 5.41) is 4.66. The number of rotatable bonds is 7. The quantitative estimate of drug-likeness (QED) is 0.114. The van der Waals surface area contributed by atoms with Crippen molar-refractivity contribution < 1.29 is 23.5 Å². The van der Waals surface area contributed by atoms with E-state index in [2.05, 4.69) is 15.5 Å². The number of esters is 1. The molecule has 0 fully saturated rings. The van der Waals surface area contributed by atoms with Crippen LogP contribution in [0.1, 0.15) is 32.0 Å². The fourth-order valence-electron chi connectivity index (χ4n) is 4.18. The number of hydrazone groups is 1. The molecule has 0 unspecified atom stereocenters. The first-order valence-corrected chi connectivity index (χ1v) is 12.1. The minimum absolute atomic E-state index is 0.189. The molecule has 194 valence electrons. The zero-order chi connectivity index (χ0) is 27.4. The molecule has 0 aliphatic heterocycles. The Morgan fingerprint density at radius 3 is 2.44 bits per heavy atom. The number of ether oxygens (including phenoxy) is 2. The van der Waals surface area contributed by atoms with E-state index in [1.165, 1.54) is 19.4 Å². The molecular weight excluding hydrogens is 497 g/mol. The smallest absolute Gasteiger partial charge is 0.343 e. The van der Waals surface area contributed by atoms with Gasteiger partial charge in [0.1, 0.15) is 11.5 Å². The number of benzene rings is 4. The summed E-state index contributed by atoms with van der Waals surface area (Å²) in [5.74, 6) is -0.926. The zero-order valence-corrected chi connectivity index (χ0v) is 21.2. The molecule has 0 radical (unpaired) electrons. The minimum Gasteiger partial charge on any atom is -0.493 e. The number of nitrogens with zero attached hydrogens (tertiary/aromatic N) is 1. The number of methoxy groups -OCH3 is 1. The van der Waals surface area contributed by atoms with E-state index < -0.39 is 17.7 Å². The minimum atomic E-state index is -0.531. The van der Waals surface area contributed by atoms with Gasteiger partial charge in [0.05, 0.1) is 24.4 Å². The highest BCUT2D eigenvalue weighted by Crippen LogP contribution is 2.33. The topological polar surface area (TPSA) is 92.8 Å². The summed E-state index contributed by atoms with van der Waals surface area (Å²) < 4.78 is 25.4. The first kappa shape index (κ1) is 25.4. The summed E-state index contributed by atoms with van der Waals surface area (Å²) in [4.78, 5) is 28.5. The lowest BCUT2D eigenvalue weighted by atomic mass is 10.0. The third kappa shape index (κ3) is 5.40. The number of aromatic amines is 1. The molecule has 4 aromatic carbocycles. The van der Waals surface area contributed by atoms with E-state index >= 15 is 0 Å². The summed E-state index contributed by atoms with van der Waals surface area (Å²) in [6.07, 6.45) is 1.43. The molecule has 0 aliphatic carbocycles. The van der Waals surface area contributed by atoms with Crippen LogP contribution in [0.5, 0.6) is 11.5 Å². The first-order valence-electron chi connectivity index (χ1n) is 12.1. The Bertz CT molecular complexity index is 1690. The van der Waals surface area contributed by atoms with Crippen LogP contribution in [-0.4, -0.2) is 30.2 Å². The van der Waals surface area contributed by atoms with E-state index in [-0.39, 0.29) is 17.0 Å². The molecule has 8 heteroatoms. The van der Waals surface area contributed by atoms with Gasteiger partial charge in [0.2, 0.25) is 0 Å². The number of aryl methyl sites for hydroxylation is 1. The average Bonchev–Trinajstić information content (AvgIpc) is 3.35. The predicted molar refractivity (Wildman–Crippen MR) is 148 cm³/mol. The molecule has 0 saturated heterocycles. The zero-order valence-electron chi connectivity index (χ0n) is 21.2. The highest BCUT2D eigenvalue weighted by molar-refractivity contribution is 6.10. The third-order valence-electron chi connectivity index (χ3n) is 6.13. The Morgan fingerprint density at radius 2 is 1.69 bits per heavy atom. The lowest BCUT2D eigenvalue weighted by molar-refractivity contribution is 0.0729. The number of H-pyrrole nitrogens is 1. The van der Waals surface area contributed by atoms with E-state index in [1.807, 2.05) is 49.4 Å². The molecule has 0 bridgehead atoms. The van der Waals surface area contributed by atoms with Crippen molar-refractivity contribution in [1.82, 2.24) is 10.4 Å². The molecule has 1 amide bonds. The van der Waals surface area contributed by atoms with Crippen LogP contribution in [0.2, 0.25) is 0 Å². The Kier molecular flexibility index (Phi) is 7.18. The van der Waals surface area contributed by atoms with E-state index in [9.17, 15) is 14.0 Å². The molecule has 0 saturated carbocycles. The van der Waals surface area contributed by atoms with Gasteiger partial charge in [0, 0.05) is 10.9 Å². The summed E-state index contributed by atoms with van der Waals surface area (Å²) >= 11 is 0. The molecule has 7 nitrogen and oxygen atoms in total. The van der Waals surface area contributed by atoms with Crippen LogP contribution in [0.25, 0.3) is 22.0 Å². The number of fused-ring (bicyclic) bond motifs is 1. The lowest BCUT2D eigenvalue weighted by Gasteiger charge is -2.10. The number of halogens is 1. The average molecular weight is 522 g/mol. The van der Waals surface area contributed by atoms with Crippen molar-refractivity contribution in [2.24, 2.45) is 5.10 Å². The molecule has 0 atom stereocenters. The standard InChI is InChI=1S/C31H24FN3O4/c1-19-11-14-22(15-12-19)31(37)39-25-16-13-20(17-26(25)38-2)18-33-35-30(36)29-27(21-7-4-3-5-8-21)23-9-6-10-24(32)28(23)34-29/h3-18,34H,1-2H3,(H,35,36). The third-order valence-corrected chi connectivity index (χ3v) is 6.13. The second-order valence-electron chi connectivity index (χ2n) is 8.77. The van der Waals surface area contributed by atoms with Crippen LogP contribution in [0, 0.1) is 12.7 Å². The van der Waals surface area contributed by atoms with Gasteiger partial charge in [-0.3, -0.25) is 4.79 Å². The second kappa shape index (κ2) is 11.0. The molecule has 2 N–H and O–H groups in total. The largest absolute Gasteiger partial charge is 0.493 e.